The number of rotatable bonds is 15. The molecule has 1 aliphatic rings. The zero-order valence-corrected chi connectivity index (χ0v) is 21.5. The maximum Gasteiger partial charge on any atom is 0.416 e. The van der Waals surface area contributed by atoms with Gasteiger partial charge >= 0.3 is 12.1 Å². The van der Waals surface area contributed by atoms with Gasteiger partial charge in [0.15, 0.2) is 0 Å². The zero-order valence-electron chi connectivity index (χ0n) is 21.5. The SMILES string of the molecule is CC(COC(=O)CCC/C=C\C[C@@H]1[C@@H](/C=C/[C@@H](O)COc2cccc(C(F)(F)F)c2)[C@H](O)C[C@@H]1O)ON(O)O. The minimum absolute atomic E-state index is 0.0341. The number of hydrogen-bond acceptors (Lipinski definition) is 10. The summed E-state index contributed by atoms with van der Waals surface area (Å²) in [6.07, 6.45) is 0.564. The van der Waals surface area contributed by atoms with E-state index in [0.29, 0.717) is 19.3 Å². The minimum Gasteiger partial charge on any atom is -0.491 e. The van der Waals surface area contributed by atoms with E-state index in [1.165, 1.54) is 25.1 Å². The second-order valence-corrected chi connectivity index (χ2v) is 9.35. The summed E-state index contributed by atoms with van der Waals surface area (Å²) in [5.41, 5.74) is -0.858. The number of benzene rings is 1. The molecule has 13 heteroatoms. The first-order chi connectivity index (χ1) is 18.4. The summed E-state index contributed by atoms with van der Waals surface area (Å²) in [6.45, 7) is 1.06. The van der Waals surface area contributed by atoms with Crippen molar-refractivity contribution in [1.29, 1.82) is 0 Å². The first kappa shape index (κ1) is 32.7. The highest BCUT2D eigenvalue weighted by Crippen LogP contribution is 2.36. The van der Waals surface area contributed by atoms with Crippen LogP contribution in [0.1, 0.15) is 44.6 Å². The Morgan fingerprint density at radius 3 is 2.62 bits per heavy atom. The molecule has 0 bridgehead atoms. The number of allylic oxidation sites excluding steroid dienone is 2. The molecule has 6 atom stereocenters. The number of halogens is 3. The molecule has 39 heavy (non-hydrogen) atoms. The normalized spacial score (nSPS) is 23.5. The van der Waals surface area contributed by atoms with Gasteiger partial charge in [0.2, 0.25) is 0 Å². The Bertz CT molecular complexity index is 941. The number of aliphatic hydroxyl groups is 3. The van der Waals surface area contributed by atoms with E-state index in [4.69, 9.17) is 19.9 Å². The van der Waals surface area contributed by atoms with Crippen molar-refractivity contribution in [2.75, 3.05) is 13.2 Å². The number of unbranched alkanes of at least 4 members (excludes halogenated alkanes) is 1. The predicted octanol–water partition coefficient (Wildman–Crippen LogP) is 3.42. The van der Waals surface area contributed by atoms with Crippen LogP contribution in [0.4, 0.5) is 13.2 Å². The predicted molar refractivity (Wildman–Crippen MR) is 130 cm³/mol. The number of aliphatic hydroxyl groups excluding tert-OH is 3. The van der Waals surface area contributed by atoms with Crippen LogP contribution in [0.3, 0.4) is 0 Å². The first-order valence-corrected chi connectivity index (χ1v) is 12.5. The number of esters is 1. The van der Waals surface area contributed by atoms with Crippen molar-refractivity contribution < 1.29 is 58.0 Å². The van der Waals surface area contributed by atoms with Crippen molar-refractivity contribution in [3.05, 3.63) is 54.1 Å². The van der Waals surface area contributed by atoms with E-state index < -0.39 is 53.4 Å². The molecule has 1 saturated carbocycles. The number of carbonyl (C=O) groups excluding carboxylic acids is 1. The fraction of sp³-hybridized carbons (Fsp3) is 0.577. The number of nitrogens with zero attached hydrogens (tertiary/aromatic N) is 1. The standard InChI is InChI=1S/C26H36F3NO9/c1-17(39-30(35)36)15-38-25(34)10-5-3-2-4-9-21-22(24(33)14-23(21)32)12-11-19(31)16-37-20-8-6-7-18(13-20)26(27,28)29/h2,4,6-8,11-13,17,19,21-24,31-33,35-36H,3,5,9-10,14-16H2,1H3/b4-2-,12-11+/t17?,19-,21-,22-,23+,24-/m1/s1. The molecular formula is C26H36F3NO9. The molecule has 5 N–H and O–H groups in total. The lowest BCUT2D eigenvalue weighted by Crippen LogP contribution is -2.26. The number of ether oxygens (including phenoxy) is 2. The van der Waals surface area contributed by atoms with Crippen molar-refractivity contribution >= 4 is 5.97 Å². The molecule has 2 rings (SSSR count). The average molecular weight is 564 g/mol. The lowest BCUT2D eigenvalue weighted by atomic mass is 9.89. The number of hydrogen-bond donors (Lipinski definition) is 5. The summed E-state index contributed by atoms with van der Waals surface area (Å²) < 4.78 is 48.7. The molecule has 0 amide bonds. The van der Waals surface area contributed by atoms with Crippen LogP contribution in [-0.2, 0) is 20.5 Å². The van der Waals surface area contributed by atoms with Gasteiger partial charge in [-0.15, -0.1) is 0 Å². The van der Waals surface area contributed by atoms with Crippen LogP contribution < -0.4 is 4.74 Å². The van der Waals surface area contributed by atoms with Crippen molar-refractivity contribution in [3.63, 3.8) is 0 Å². The summed E-state index contributed by atoms with van der Waals surface area (Å²) in [7, 11) is 0. The van der Waals surface area contributed by atoms with Crippen LogP contribution in [0, 0.1) is 11.8 Å². The van der Waals surface area contributed by atoms with Gasteiger partial charge in [-0.05, 0) is 50.3 Å². The molecule has 0 aliphatic heterocycles. The maximum absolute atomic E-state index is 12.8. The number of alkyl halides is 3. The van der Waals surface area contributed by atoms with Crippen LogP contribution in [0.25, 0.3) is 0 Å². The molecule has 1 aromatic rings. The fourth-order valence-corrected chi connectivity index (χ4v) is 4.17. The topological polar surface area (TPSA) is 149 Å². The van der Waals surface area contributed by atoms with Gasteiger partial charge < -0.3 is 24.8 Å². The van der Waals surface area contributed by atoms with Crippen molar-refractivity contribution in [3.8, 4) is 5.75 Å². The monoisotopic (exact) mass is 563 g/mol. The van der Waals surface area contributed by atoms with E-state index in [9.17, 15) is 33.3 Å². The third-order valence-corrected chi connectivity index (χ3v) is 6.13. The third kappa shape index (κ3) is 12.0. The minimum atomic E-state index is -4.51. The summed E-state index contributed by atoms with van der Waals surface area (Å²) in [4.78, 5) is 16.2. The largest absolute Gasteiger partial charge is 0.491 e. The Morgan fingerprint density at radius 1 is 1.18 bits per heavy atom. The summed E-state index contributed by atoms with van der Waals surface area (Å²) >= 11 is 0. The van der Waals surface area contributed by atoms with Gasteiger partial charge in [-0.1, -0.05) is 30.4 Å². The molecule has 1 unspecified atom stereocenters. The van der Waals surface area contributed by atoms with Gasteiger partial charge in [-0.25, -0.2) is 4.84 Å². The highest BCUT2D eigenvalue weighted by molar-refractivity contribution is 5.69. The summed E-state index contributed by atoms with van der Waals surface area (Å²) in [6, 6.07) is 4.33. The van der Waals surface area contributed by atoms with E-state index in [-0.39, 0.29) is 37.7 Å². The summed E-state index contributed by atoms with van der Waals surface area (Å²) in [5.74, 6) is -1.25. The molecule has 1 aromatic carbocycles. The average Bonchev–Trinajstić information content (AvgIpc) is 3.13. The Balaban J connectivity index is 1.76. The molecule has 10 nitrogen and oxygen atoms in total. The Kier molecular flexibility index (Phi) is 13.3. The Hall–Kier alpha value is -2.52. The van der Waals surface area contributed by atoms with Gasteiger partial charge in [0, 0.05) is 18.8 Å². The van der Waals surface area contributed by atoms with Gasteiger partial charge in [-0.3, -0.25) is 15.2 Å². The molecule has 1 fully saturated rings. The lowest BCUT2D eigenvalue weighted by Gasteiger charge is -2.19. The molecule has 0 spiro atoms. The van der Waals surface area contributed by atoms with Crippen LogP contribution in [-0.4, -0.2) is 74.7 Å². The van der Waals surface area contributed by atoms with Gasteiger partial charge in [-0.2, -0.15) is 13.2 Å². The quantitative estimate of drug-likeness (QED) is 0.0930. The van der Waals surface area contributed by atoms with Crippen LogP contribution in [0.2, 0.25) is 0 Å². The number of carbonyl (C=O) groups is 1. The maximum atomic E-state index is 12.8. The van der Waals surface area contributed by atoms with Crippen molar-refractivity contribution in [1.82, 2.24) is 5.39 Å². The third-order valence-electron chi connectivity index (χ3n) is 6.13. The fourth-order valence-electron chi connectivity index (χ4n) is 4.17. The second kappa shape index (κ2) is 15.9. The van der Waals surface area contributed by atoms with Gasteiger partial charge in [0.25, 0.3) is 0 Å². The van der Waals surface area contributed by atoms with Crippen LogP contribution in [0.5, 0.6) is 5.75 Å². The van der Waals surface area contributed by atoms with Gasteiger partial charge in [0.1, 0.15) is 31.2 Å². The molecule has 0 radical (unpaired) electrons. The van der Waals surface area contributed by atoms with E-state index in [1.54, 1.807) is 6.08 Å². The van der Waals surface area contributed by atoms with Crippen molar-refractivity contribution in [2.24, 2.45) is 11.8 Å². The van der Waals surface area contributed by atoms with E-state index in [2.05, 4.69) is 4.84 Å². The van der Waals surface area contributed by atoms with E-state index >= 15 is 0 Å². The molecular weight excluding hydrogens is 527 g/mol. The Labute approximate surface area is 224 Å². The molecule has 0 heterocycles. The molecule has 1 aliphatic carbocycles. The lowest BCUT2D eigenvalue weighted by molar-refractivity contribution is -0.504. The second-order valence-electron chi connectivity index (χ2n) is 9.35. The smallest absolute Gasteiger partial charge is 0.416 e. The molecule has 0 saturated heterocycles. The zero-order chi connectivity index (χ0) is 29.0. The van der Waals surface area contributed by atoms with Crippen molar-refractivity contribution in [2.45, 2.75) is 69.6 Å². The molecule has 0 aromatic heterocycles. The van der Waals surface area contributed by atoms with Gasteiger partial charge in [0.05, 0.1) is 23.2 Å². The first-order valence-electron chi connectivity index (χ1n) is 12.5. The highest BCUT2D eigenvalue weighted by atomic mass is 19.4. The molecule has 220 valence electrons. The van der Waals surface area contributed by atoms with E-state index in [0.717, 1.165) is 12.1 Å². The van der Waals surface area contributed by atoms with Crippen LogP contribution in [0.15, 0.2) is 48.6 Å². The summed E-state index contributed by atoms with van der Waals surface area (Å²) in [5, 5.41) is 47.5. The van der Waals surface area contributed by atoms with E-state index in [1.807, 2.05) is 12.2 Å². The highest BCUT2D eigenvalue weighted by Gasteiger charge is 2.39. The Morgan fingerprint density at radius 2 is 1.92 bits per heavy atom. The van der Waals surface area contributed by atoms with Crippen LogP contribution >= 0.6 is 0 Å².